The van der Waals surface area contributed by atoms with E-state index in [-0.39, 0.29) is 24.0 Å². The van der Waals surface area contributed by atoms with Crippen molar-refractivity contribution in [3.63, 3.8) is 0 Å². The Bertz CT molecular complexity index is 1010. The van der Waals surface area contributed by atoms with E-state index in [4.69, 9.17) is 9.84 Å². The maximum atomic E-state index is 12.4. The molecule has 1 aliphatic carbocycles. The number of hydrogen-bond donors (Lipinski definition) is 3. The minimum atomic E-state index is -0.731. The molecule has 1 saturated heterocycles. The molecule has 192 valence electrons. The van der Waals surface area contributed by atoms with Gasteiger partial charge >= 0.3 is 12.0 Å². The number of para-hydroxylation sites is 1. The second-order valence-electron chi connectivity index (χ2n) is 9.25. The lowest BCUT2D eigenvalue weighted by Crippen LogP contribution is -2.52. The van der Waals surface area contributed by atoms with E-state index in [0.29, 0.717) is 63.2 Å². The maximum absolute atomic E-state index is 12.4. The van der Waals surface area contributed by atoms with E-state index in [1.807, 2.05) is 18.2 Å². The first kappa shape index (κ1) is 25.3. The van der Waals surface area contributed by atoms with Gasteiger partial charge in [0, 0.05) is 50.5 Å². The molecule has 1 heterocycles. The first-order valence-electron chi connectivity index (χ1n) is 12.6. The van der Waals surface area contributed by atoms with E-state index in [2.05, 4.69) is 27.7 Å². The molecule has 0 radical (unpaired) electrons. The Hall–Kier alpha value is -3.75. The Morgan fingerprint density at radius 1 is 0.833 bits per heavy atom. The molecular formula is C27H34N4O5. The van der Waals surface area contributed by atoms with Gasteiger partial charge in [-0.05, 0) is 62.1 Å². The number of carbonyl (C=O) groups is 3. The zero-order valence-electron chi connectivity index (χ0n) is 20.4. The summed E-state index contributed by atoms with van der Waals surface area (Å²) < 4.78 is 5.95. The number of hydrogen-bond acceptors (Lipinski definition) is 5. The van der Waals surface area contributed by atoms with Gasteiger partial charge in [-0.15, -0.1) is 0 Å². The van der Waals surface area contributed by atoms with Crippen LogP contribution in [-0.2, 0) is 4.79 Å². The molecule has 9 nitrogen and oxygen atoms in total. The van der Waals surface area contributed by atoms with Crippen LogP contribution in [0.25, 0.3) is 0 Å². The highest BCUT2D eigenvalue weighted by atomic mass is 16.5. The third-order valence-electron chi connectivity index (χ3n) is 6.82. The molecule has 0 atom stereocenters. The molecule has 3 N–H and O–H groups in total. The highest BCUT2D eigenvalue weighted by Gasteiger charge is 2.27. The average molecular weight is 495 g/mol. The van der Waals surface area contributed by atoms with Gasteiger partial charge < -0.3 is 30.3 Å². The van der Waals surface area contributed by atoms with Crippen molar-refractivity contribution in [2.75, 3.05) is 44.2 Å². The Labute approximate surface area is 211 Å². The monoisotopic (exact) mass is 494 g/mol. The first-order chi connectivity index (χ1) is 17.5. The molecule has 0 bridgehead atoms. The van der Waals surface area contributed by atoms with Gasteiger partial charge in [-0.2, -0.15) is 0 Å². The largest absolute Gasteiger partial charge is 0.490 e. The molecule has 4 rings (SSSR count). The average Bonchev–Trinajstić information content (AvgIpc) is 2.92. The van der Waals surface area contributed by atoms with Crippen molar-refractivity contribution < 1.29 is 24.2 Å². The Morgan fingerprint density at radius 2 is 1.47 bits per heavy atom. The predicted octanol–water partition coefficient (Wildman–Crippen LogP) is 2.97. The molecule has 1 saturated carbocycles. The van der Waals surface area contributed by atoms with E-state index in [0.717, 1.165) is 13.1 Å². The number of carboxylic acid groups (broad SMARTS) is 1. The van der Waals surface area contributed by atoms with Crippen LogP contribution >= 0.6 is 0 Å². The van der Waals surface area contributed by atoms with Gasteiger partial charge in [-0.1, -0.05) is 18.2 Å². The van der Waals surface area contributed by atoms with Crippen molar-refractivity contribution in [2.45, 2.75) is 31.8 Å². The summed E-state index contributed by atoms with van der Waals surface area (Å²) >= 11 is 0. The third-order valence-corrected chi connectivity index (χ3v) is 6.82. The van der Waals surface area contributed by atoms with E-state index < -0.39 is 5.97 Å². The lowest BCUT2D eigenvalue weighted by Gasteiger charge is -2.36. The molecule has 9 heteroatoms. The van der Waals surface area contributed by atoms with E-state index in [1.54, 1.807) is 29.2 Å². The molecule has 2 fully saturated rings. The second-order valence-corrected chi connectivity index (χ2v) is 9.25. The van der Waals surface area contributed by atoms with Crippen LogP contribution in [0.1, 0.15) is 36.0 Å². The quantitative estimate of drug-likeness (QED) is 0.487. The number of benzene rings is 2. The molecule has 2 aromatic rings. The highest BCUT2D eigenvalue weighted by Crippen LogP contribution is 2.28. The van der Waals surface area contributed by atoms with Gasteiger partial charge in [-0.3, -0.25) is 9.59 Å². The Morgan fingerprint density at radius 3 is 2.11 bits per heavy atom. The van der Waals surface area contributed by atoms with Crippen LogP contribution in [0.3, 0.4) is 0 Å². The van der Waals surface area contributed by atoms with Crippen molar-refractivity contribution in [3.05, 3.63) is 60.2 Å². The summed E-state index contributed by atoms with van der Waals surface area (Å²) in [4.78, 5) is 40.0. The lowest BCUT2D eigenvalue weighted by atomic mass is 9.87. The zero-order valence-corrected chi connectivity index (χ0v) is 20.4. The van der Waals surface area contributed by atoms with Gasteiger partial charge in [-0.25, -0.2) is 4.79 Å². The van der Waals surface area contributed by atoms with Crippen LogP contribution < -0.4 is 20.3 Å². The minimum Gasteiger partial charge on any atom is -0.490 e. The van der Waals surface area contributed by atoms with Crippen LogP contribution in [0.5, 0.6) is 5.75 Å². The van der Waals surface area contributed by atoms with Crippen molar-refractivity contribution in [1.82, 2.24) is 15.5 Å². The van der Waals surface area contributed by atoms with Crippen LogP contribution in [0.2, 0.25) is 0 Å². The SMILES string of the molecule is O=C(NCCNC(=O)N1CCN(c2ccccc2)CC1)c1ccc(OC2CCC(C(=O)O)CC2)cc1. The highest BCUT2D eigenvalue weighted by molar-refractivity contribution is 5.94. The molecule has 2 aliphatic rings. The number of rotatable bonds is 8. The molecule has 3 amide bonds. The molecule has 2 aromatic carbocycles. The fraction of sp³-hybridized carbons (Fsp3) is 0.444. The van der Waals surface area contributed by atoms with Crippen molar-refractivity contribution in [1.29, 1.82) is 0 Å². The number of amides is 3. The van der Waals surface area contributed by atoms with E-state index in [9.17, 15) is 14.4 Å². The summed E-state index contributed by atoms with van der Waals surface area (Å²) in [5.41, 5.74) is 1.68. The van der Waals surface area contributed by atoms with Crippen molar-refractivity contribution in [2.24, 2.45) is 5.92 Å². The van der Waals surface area contributed by atoms with Crippen LogP contribution in [0.15, 0.2) is 54.6 Å². The summed E-state index contributed by atoms with van der Waals surface area (Å²) in [6.07, 6.45) is 2.69. The first-order valence-corrected chi connectivity index (χ1v) is 12.6. The maximum Gasteiger partial charge on any atom is 0.317 e. The Balaban J connectivity index is 1.12. The molecule has 0 spiro atoms. The Kier molecular flexibility index (Phi) is 8.65. The van der Waals surface area contributed by atoms with Crippen LogP contribution in [-0.4, -0.2) is 73.3 Å². The number of nitrogens with zero attached hydrogens (tertiary/aromatic N) is 2. The molecule has 36 heavy (non-hydrogen) atoms. The third kappa shape index (κ3) is 6.90. The second kappa shape index (κ2) is 12.3. The number of carbonyl (C=O) groups excluding carboxylic acids is 2. The number of carboxylic acids is 1. The lowest BCUT2D eigenvalue weighted by molar-refractivity contribution is -0.143. The fourth-order valence-corrected chi connectivity index (χ4v) is 4.67. The normalized spacial score (nSPS) is 19.9. The number of nitrogens with one attached hydrogen (secondary N) is 2. The summed E-state index contributed by atoms with van der Waals surface area (Å²) in [7, 11) is 0. The molecule has 0 aromatic heterocycles. The zero-order chi connectivity index (χ0) is 25.3. The molecular weight excluding hydrogens is 460 g/mol. The number of urea groups is 1. The van der Waals surface area contributed by atoms with Gasteiger partial charge in [0.25, 0.3) is 5.91 Å². The van der Waals surface area contributed by atoms with Crippen LogP contribution in [0.4, 0.5) is 10.5 Å². The molecule has 1 aliphatic heterocycles. The minimum absolute atomic E-state index is 0.00482. The van der Waals surface area contributed by atoms with Gasteiger partial charge in [0.1, 0.15) is 5.75 Å². The standard InChI is InChI=1S/C27H34N4O5/c32-25(20-6-10-23(11-7-20)36-24-12-8-21(9-13-24)26(33)34)28-14-15-29-27(35)31-18-16-30(17-19-31)22-4-2-1-3-5-22/h1-7,10-11,21,24H,8-9,12-19H2,(H,28,32)(H,29,35)(H,33,34). The van der Waals surface area contributed by atoms with Gasteiger partial charge in [0.2, 0.25) is 0 Å². The topological polar surface area (TPSA) is 111 Å². The fourth-order valence-electron chi connectivity index (χ4n) is 4.67. The van der Waals surface area contributed by atoms with Crippen molar-refractivity contribution >= 4 is 23.6 Å². The number of aliphatic carboxylic acids is 1. The summed E-state index contributed by atoms with van der Waals surface area (Å²) in [5.74, 6) is -0.546. The van der Waals surface area contributed by atoms with E-state index in [1.165, 1.54) is 5.69 Å². The van der Waals surface area contributed by atoms with Crippen molar-refractivity contribution in [3.8, 4) is 5.75 Å². The predicted molar refractivity (Wildman–Crippen MR) is 136 cm³/mol. The van der Waals surface area contributed by atoms with Gasteiger partial charge in [0.05, 0.1) is 12.0 Å². The van der Waals surface area contributed by atoms with Crippen LogP contribution in [0, 0.1) is 5.92 Å². The molecule has 0 unspecified atom stereocenters. The number of ether oxygens (including phenoxy) is 1. The summed E-state index contributed by atoms with van der Waals surface area (Å²) in [5, 5.41) is 14.8. The summed E-state index contributed by atoms with van der Waals surface area (Å²) in [6, 6.07) is 17.0. The smallest absolute Gasteiger partial charge is 0.317 e. The number of piperazine rings is 1. The van der Waals surface area contributed by atoms with Gasteiger partial charge in [0.15, 0.2) is 0 Å². The summed E-state index contributed by atoms with van der Waals surface area (Å²) in [6.45, 7) is 3.57. The number of anilines is 1. The van der Waals surface area contributed by atoms with E-state index >= 15 is 0 Å².